The van der Waals surface area contributed by atoms with E-state index in [2.05, 4.69) is 68.4 Å². The minimum absolute atomic E-state index is 1.07. The van der Waals surface area contributed by atoms with Crippen LogP contribution in [0.5, 0.6) is 0 Å². The molecule has 0 bridgehead atoms. The lowest BCUT2D eigenvalue weighted by atomic mass is 10.2. The van der Waals surface area contributed by atoms with Crippen molar-refractivity contribution in [3.63, 3.8) is 0 Å². The van der Waals surface area contributed by atoms with Gasteiger partial charge in [0.2, 0.25) is 0 Å². The second-order valence-electron chi connectivity index (χ2n) is 2.46. The molecule has 0 aliphatic rings. The zero-order valence-corrected chi connectivity index (χ0v) is 10.4. The molecule has 2 aromatic rings. The molecule has 0 fully saturated rings. The van der Waals surface area contributed by atoms with E-state index in [-0.39, 0.29) is 0 Å². The van der Waals surface area contributed by atoms with Crippen molar-refractivity contribution in [2.75, 3.05) is 0 Å². The van der Waals surface area contributed by atoms with Crippen LogP contribution in [0.3, 0.4) is 0 Å². The molecule has 1 aromatic heterocycles. The standard InChI is InChI=1S/C9H5I2N/c10-7-4-6-2-1-3-12-9(6)5-8(7)11/h1-5H. The molecule has 1 heterocycles. The topological polar surface area (TPSA) is 12.9 Å². The quantitative estimate of drug-likeness (QED) is 0.638. The zero-order chi connectivity index (χ0) is 8.55. The van der Waals surface area contributed by atoms with Crippen LogP contribution < -0.4 is 0 Å². The van der Waals surface area contributed by atoms with E-state index in [9.17, 15) is 0 Å². The number of nitrogens with zero attached hydrogens (tertiary/aromatic N) is 1. The van der Waals surface area contributed by atoms with Crippen molar-refractivity contribution in [3.05, 3.63) is 37.6 Å². The number of fused-ring (bicyclic) bond motifs is 1. The zero-order valence-electron chi connectivity index (χ0n) is 6.09. The minimum atomic E-state index is 1.07. The number of pyridine rings is 1. The average molecular weight is 381 g/mol. The molecule has 0 spiro atoms. The van der Waals surface area contributed by atoms with Crippen molar-refractivity contribution in [2.45, 2.75) is 0 Å². The number of halogens is 2. The number of rotatable bonds is 0. The van der Waals surface area contributed by atoms with E-state index in [0.29, 0.717) is 0 Å². The van der Waals surface area contributed by atoms with E-state index < -0.39 is 0 Å². The highest BCUT2D eigenvalue weighted by Gasteiger charge is 1.98. The van der Waals surface area contributed by atoms with E-state index in [0.717, 1.165) is 5.52 Å². The lowest BCUT2D eigenvalue weighted by Crippen LogP contribution is -1.82. The first-order valence-corrected chi connectivity index (χ1v) is 5.63. The van der Waals surface area contributed by atoms with Crippen molar-refractivity contribution in [1.82, 2.24) is 4.98 Å². The second kappa shape index (κ2) is 3.45. The molecule has 0 aliphatic heterocycles. The molecule has 0 unspecified atom stereocenters. The summed E-state index contributed by atoms with van der Waals surface area (Å²) in [5, 5.41) is 1.21. The molecule has 12 heavy (non-hydrogen) atoms. The Balaban J connectivity index is 2.84. The van der Waals surface area contributed by atoms with Gasteiger partial charge >= 0.3 is 0 Å². The monoisotopic (exact) mass is 381 g/mol. The van der Waals surface area contributed by atoms with Crippen LogP contribution >= 0.6 is 45.2 Å². The molecule has 0 aliphatic carbocycles. The molecule has 0 N–H and O–H groups in total. The highest BCUT2D eigenvalue weighted by Crippen LogP contribution is 2.20. The van der Waals surface area contributed by atoms with Gasteiger partial charge in [-0.2, -0.15) is 0 Å². The predicted octanol–water partition coefficient (Wildman–Crippen LogP) is 3.44. The lowest BCUT2D eigenvalue weighted by Gasteiger charge is -1.99. The molecule has 1 nitrogen and oxygen atoms in total. The third-order valence-corrected chi connectivity index (χ3v) is 4.46. The Labute approximate surface area is 97.9 Å². The van der Waals surface area contributed by atoms with Crippen LogP contribution in [-0.2, 0) is 0 Å². The Hall–Kier alpha value is 0.0900. The Bertz CT molecular complexity index is 385. The van der Waals surface area contributed by atoms with Crippen LogP contribution in [0.2, 0.25) is 0 Å². The summed E-state index contributed by atoms with van der Waals surface area (Å²) < 4.78 is 2.55. The fraction of sp³-hybridized carbons (Fsp3) is 0. The maximum atomic E-state index is 4.28. The maximum Gasteiger partial charge on any atom is 0.0713 e. The Morgan fingerprint density at radius 3 is 2.67 bits per heavy atom. The van der Waals surface area contributed by atoms with Crippen LogP contribution in [0.25, 0.3) is 10.9 Å². The van der Waals surface area contributed by atoms with Gasteiger partial charge in [-0.3, -0.25) is 4.98 Å². The van der Waals surface area contributed by atoms with Gasteiger partial charge in [0.05, 0.1) is 5.52 Å². The highest BCUT2D eigenvalue weighted by molar-refractivity contribution is 14.1. The second-order valence-corrected chi connectivity index (χ2v) is 4.79. The van der Waals surface area contributed by atoms with E-state index >= 15 is 0 Å². The Kier molecular flexibility index (Phi) is 2.49. The number of benzene rings is 1. The molecule has 60 valence electrons. The van der Waals surface area contributed by atoms with Gasteiger partial charge in [0.25, 0.3) is 0 Å². The third-order valence-electron chi connectivity index (χ3n) is 1.65. The molecule has 0 radical (unpaired) electrons. The lowest BCUT2D eigenvalue weighted by molar-refractivity contribution is 1.40. The van der Waals surface area contributed by atoms with Crippen LogP contribution in [0.15, 0.2) is 30.5 Å². The molecule has 2 rings (SSSR count). The SMILES string of the molecule is Ic1cc2cccnc2cc1I. The van der Waals surface area contributed by atoms with E-state index in [4.69, 9.17) is 0 Å². The first kappa shape index (κ1) is 8.68. The van der Waals surface area contributed by atoms with Crippen LogP contribution in [0.1, 0.15) is 0 Å². The summed E-state index contributed by atoms with van der Waals surface area (Å²) in [6.07, 6.45) is 1.82. The fourth-order valence-electron chi connectivity index (χ4n) is 1.07. The van der Waals surface area contributed by atoms with Gasteiger partial charge in [0.1, 0.15) is 0 Å². The minimum Gasteiger partial charge on any atom is -0.256 e. The molecule has 1 aromatic carbocycles. The van der Waals surface area contributed by atoms with E-state index in [1.807, 2.05) is 12.3 Å². The Morgan fingerprint density at radius 2 is 1.83 bits per heavy atom. The molecule has 0 amide bonds. The average Bonchev–Trinajstić information content (AvgIpc) is 2.07. The molecule has 3 heteroatoms. The summed E-state index contributed by atoms with van der Waals surface area (Å²) in [4.78, 5) is 4.28. The van der Waals surface area contributed by atoms with Gasteiger partial charge in [0.15, 0.2) is 0 Å². The number of hydrogen-bond acceptors (Lipinski definition) is 1. The van der Waals surface area contributed by atoms with Crippen LogP contribution in [-0.4, -0.2) is 4.98 Å². The van der Waals surface area contributed by atoms with Gasteiger partial charge in [-0.15, -0.1) is 0 Å². The summed E-state index contributed by atoms with van der Waals surface area (Å²) in [6.45, 7) is 0. The molecular weight excluding hydrogens is 376 g/mol. The van der Waals surface area contributed by atoms with Crippen LogP contribution in [0, 0.1) is 7.14 Å². The van der Waals surface area contributed by atoms with Crippen molar-refractivity contribution in [2.24, 2.45) is 0 Å². The summed E-state index contributed by atoms with van der Waals surface area (Å²) >= 11 is 4.66. The predicted molar refractivity (Wildman–Crippen MR) is 67.2 cm³/mol. The fourth-order valence-corrected chi connectivity index (χ4v) is 2.01. The van der Waals surface area contributed by atoms with Crippen molar-refractivity contribution in [1.29, 1.82) is 0 Å². The molecular formula is C9H5I2N. The van der Waals surface area contributed by atoms with Crippen molar-refractivity contribution >= 4 is 56.1 Å². The summed E-state index contributed by atoms with van der Waals surface area (Å²) in [5.41, 5.74) is 1.07. The van der Waals surface area contributed by atoms with Gasteiger partial charge in [-0.25, -0.2) is 0 Å². The summed E-state index contributed by atoms with van der Waals surface area (Å²) in [6, 6.07) is 8.31. The van der Waals surface area contributed by atoms with Gasteiger partial charge in [-0.1, -0.05) is 6.07 Å². The van der Waals surface area contributed by atoms with E-state index in [1.165, 1.54) is 12.5 Å². The summed E-state index contributed by atoms with van der Waals surface area (Å²) in [7, 11) is 0. The third kappa shape index (κ3) is 1.56. The van der Waals surface area contributed by atoms with Crippen molar-refractivity contribution < 1.29 is 0 Å². The molecule has 0 atom stereocenters. The van der Waals surface area contributed by atoms with Gasteiger partial charge in [-0.05, 0) is 63.4 Å². The van der Waals surface area contributed by atoms with E-state index in [1.54, 1.807) is 0 Å². The maximum absolute atomic E-state index is 4.28. The normalized spacial score (nSPS) is 10.5. The van der Waals surface area contributed by atoms with Gasteiger partial charge in [0, 0.05) is 18.7 Å². The highest BCUT2D eigenvalue weighted by atomic mass is 127. The number of aromatic nitrogens is 1. The van der Waals surface area contributed by atoms with Gasteiger partial charge < -0.3 is 0 Å². The molecule has 0 saturated carbocycles. The molecule has 0 saturated heterocycles. The van der Waals surface area contributed by atoms with Crippen molar-refractivity contribution in [3.8, 4) is 0 Å². The summed E-state index contributed by atoms with van der Waals surface area (Å²) in [5.74, 6) is 0. The largest absolute Gasteiger partial charge is 0.256 e. The smallest absolute Gasteiger partial charge is 0.0713 e. The Morgan fingerprint density at radius 1 is 1.08 bits per heavy atom. The first-order chi connectivity index (χ1) is 5.77. The van der Waals surface area contributed by atoms with Crippen LogP contribution in [0.4, 0.5) is 0 Å². The first-order valence-electron chi connectivity index (χ1n) is 3.47. The number of hydrogen-bond donors (Lipinski definition) is 0.